The van der Waals surface area contributed by atoms with Gasteiger partial charge in [-0.2, -0.15) is 4.98 Å². The summed E-state index contributed by atoms with van der Waals surface area (Å²) in [4.78, 5) is 57.3. The van der Waals surface area contributed by atoms with Crippen molar-refractivity contribution in [2.24, 2.45) is 0 Å². The highest BCUT2D eigenvalue weighted by Crippen LogP contribution is 2.60. The van der Waals surface area contributed by atoms with Crippen LogP contribution in [0.4, 0.5) is 16.2 Å². The first-order valence-corrected chi connectivity index (χ1v) is 18.4. The van der Waals surface area contributed by atoms with Gasteiger partial charge in [0.2, 0.25) is 5.95 Å². The van der Waals surface area contributed by atoms with E-state index in [9.17, 15) is 19.1 Å². The lowest BCUT2D eigenvalue weighted by molar-refractivity contribution is -0.183. The smallest absolute Gasteiger partial charge is 0.382 e. The second-order valence-electron chi connectivity index (χ2n) is 10.8. The normalized spacial score (nSPS) is 39.7. The minimum atomic E-state index is -4.92. The van der Waals surface area contributed by atoms with Crippen LogP contribution in [0.2, 0.25) is 0 Å². The molecule has 25 heteroatoms. The minimum Gasteiger partial charge on any atom is -0.382 e. The summed E-state index contributed by atoms with van der Waals surface area (Å²) >= 11 is 6.22. The number of hydrogen-bond acceptors (Lipinski definition) is 17. The minimum absolute atomic E-state index is 0.00545. The molecule has 8 rings (SSSR count). The molecule has 4 aliphatic heterocycles. The van der Waals surface area contributed by atoms with Gasteiger partial charge in [0.15, 0.2) is 28.9 Å². The van der Waals surface area contributed by atoms with E-state index in [0.29, 0.717) is 0 Å². The van der Waals surface area contributed by atoms with Gasteiger partial charge >= 0.3 is 14.5 Å². The van der Waals surface area contributed by atoms with Crippen LogP contribution in [0.1, 0.15) is 11.6 Å². The molecule has 4 aromatic rings. The number of hydrogen-bond donors (Lipinski definition) is 5. The van der Waals surface area contributed by atoms with Crippen molar-refractivity contribution in [3.05, 3.63) is 29.3 Å². The lowest BCUT2D eigenvalue weighted by Gasteiger charge is -2.33. The van der Waals surface area contributed by atoms with E-state index in [1.807, 2.05) is 0 Å². The molecule has 10 atom stereocenters. The van der Waals surface area contributed by atoms with Crippen molar-refractivity contribution in [2.75, 3.05) is 31.3 Å². The predicted molar refractivity (Wildman–Crippen MR) is 158 cm³/mol. The van der Waals surface area contributed by atoms with Crippen LogP contribution in [-0.4, -0.2) is 104 Å². The number of nitrogens with zero attached hydrogens (tertiary/aromatic N) is 7. The van der Waals surface area contributed by atoms with E-state index in [-0.39, 0.29) is 40.7 Å². The molecule has 46 heavy (non-hydrogen) atoms. The number of imidazole rings is 2. The number of thioether (sulfide) groups is 1. The van der Waals surface area contributed by atoms with Gasteiger partial charge in [-0.15, -0.1) is 11.8 Å². The number of phosphoric acid groups is 1. The molecule has 0 spiro atoms. The van der Waals surface area contributed by atoms with Crippen LogP contribution in [0.3, 0.4) is 0 Å². The monoisotopic (exact) mass is 720 g/mol. The number of phosphoric ester groups is 1. The summed E-state index contributed by atoms with van der Waals surface area (Å²) in [6, 6.07) is 0. The van der Waals surface area contributed by atoms with E-state index in [2.05, 4.69) is 29.9 Å². The molecule has 0 aromatic carbocycles. The van der Waals surface area contributed by atoms with Crippen LogP contribution in [0.15, 0.2) is 23.8 Å². The Morgan fingerprint density at radius 1 is 1.07 bits per heavy atom. The number of nitrogens with two attached hydrogens (primary N) is 2. The Bertz CT molecular complexity index is 2040. The number of fused-ring (bicyclic) bond motifs is 4. The van der Waals surface area contributed by atoms with Crippen molar-refractivity contribution < 1.29 is 46.3 Å². The molecule has 8 heterocycles. The molecule has 0 radical (unpaired) electrons. The largest absolute Gasteiger partial charge is 0.472 e. The molecule has 4 aliphatic rings. The highest BCUT2D eigenvalue weighted by Gasteiger charge is 2.66. The Balaban J connectivity index is 1.14. The topological polar surface area (TPSA) is 272 Å². The van der Waals surface area contributed by atoms with Gasteiger partial charge in [0.05, 0.1) is 37.7 Å². The van der Waals surface area contributed by atoms with Gasteiger partial charge in [-0.05, 0) is 11.8 Å². The summed E-state index contributed by atoms with van der Waals surface area (Å²) in [5.41, 5.74) is 9.89. The van der Waals surface area contributed by atoms with Crippen LogP contribution >= 0.6 is 26.3 Å². The average molecular weight is 721 g/mol. The van der Waals surface area contributed by atoms with Crippen LogP contribution < -0.4 is 17.0 Å². The Hall–Kier alpha value is -2.66. The zero-order valence-electron chi connectivity index (χ0n) is 22.9. The fraction of sp³-hybridized carbons (Fsp3) is 0.524. The van der Waals surface area contributed by atoms with Gasteiger partial charge in [0, 0.05) is 0 Å². The van der Waals surface area contributed by atoms with Crippen molar-refractivity contribution in [1.82, 2.24) is 39.0 Å². The number of aromatic nitrogens is 8. The number of anilines is 2. The first-order valence-electron chi connectivity index (χ1n) is 13.4. The molecule has 0 saturated carbocycles. The van der Waals surface area contributed by atoms with Crippen molar-refractivity contribution in [3.63, 3.8) is 0 Å². The lowest BCUT2D eigenvalue weighted by atomic mass is 10.0. The number of ether oxygens (including phenoxy) is 2. The summed E-state index contributed by atoms with van der Waals surface area (Å²) in [5, 5.41) is -2.20. The number of nitrogens with one attached hydrogen (secondary N) is 1. The summed E-state index contributed by atoms with van der Waals surface area (Å²) in [7, 11) is -4.92. The zero-order valence-corrected chi connectivity index (χ0v) is 26.4. The second-order valence-corrected chi connectivity index (χ2v) is 16.4. The van der Waals surface area contributed by atoms with Crippen LogP contribution in [-0.2, 0) is 43.9 Å². The maximum Gasteiger partial charge on any atom is 0.472 e. The Kier molecular flexibility index (Phi) is 7.11. The number of H-pyrrole nitrogens is 1. The van der Waals surface area contributed by atoms with Crippen molar-refractivity contribution in [3.8, 4) is 0 Å². The molecule has 4 fully saturated rings. The molecule has 4 bridgehead atoms. The zero-order chi connectivity index (χ0) is 32.2. The maximum absolute atomic E-state index is 16.0. The third kappa shape index (κ3) is 4.89. The number of alkyl halides is 1. The molecule has 0 amide bonds. The Morgan fingerprint density at radius 2 is 1.85 bits per heavy atom. The van der Waals surface area contributed by atoms with Crippen LogP contribution in [0.25, 0.3) is 22.3 Å². The third-order valence-corrected chi connectivity index (χ3v) is 12.0. The molecule has 0 aliphatic carbocycles. The molecule has 4 aromatic heterocycles. The summed E-state index contributed by atoms with van der Waals surface area (Å²) in [6.07, 6.45) is -2.94. The van der Waals surface area contributed by atoms with Gasteiger partial charge in [-0.1, -0.05) is 0 Å². The fourth-order valence-electron chi connectivity index (χ4n) is 5.94. The average Bonchev–Trinajstić information content (AvgIpc) is 3.80. The van der Waals surface area contributed by atoms with Crippen molar-refractivity contribution in [1.29, 1.82) is 0 Å². The summed E-state index contributed by atoms with van der Waals surface area (Å²) < 4.78 is 66.8. The van der Waals surface area contributed by atoms with Gasteiger partial charge in [0.1, 0.15) is 47.3 Å². The van der Waals surface area contributed by atoms with E-state index in [4.69, 9.17) is 50.8 Å². The highest BCUT2D eigenvalue weighted by atomic mass is 32.5. The maximum atomic E-state index is 16.0. The van der Waals surface area contributed by atoms with Crippen LogP contribution in [0, 0.1) is 0 Å². The van der Waals surface area contributed by atoms with E-state index in [0.717, 1.165) is 11.8 Å². The molecule has 4 saturated heterocycles. The second kappa shape index (κ2) is 10.7. The van der Waals surface area contributed by atoms with E-state index >= 15 is 4.39 Å². The molecular weight excluding hydrogens is 697 g/mol. The SMILES string of the molecule is Nc1nc2c(ncn2[C@@H]2S[C@@H]3COP(=O)(O)O[C@H]4[C@H]5OC[C@@]4(COP(O)(=S)O[C@@H]2[C@H]3F)O[C@H]5n2cnc3c(N)ncnc32)c(=O)[nH]1. The van der Waals surface area contributed by atoms with Gasteiger partial charge in [0.25, 0.3) is 5.56 Å². The summed E-state index contributed by atoms with van der Waals surface area (Å²) in [5.74, 6) is -0.0981. The third-order valence-electron chi connectivity index (χ3n) is 8.00. The van der Waals surface area contributed by atoms with Gasteiger partial charge in [-0.25, -0.2) is 28.9 Å². The van der Waals surface area contributed by atoms with Crippen molar-refractivity contribution >= 4 is 72.2 Å². The number of rotatable bonds is 2. The molecule has 7 N–H and O–H groups in total. The molecule has 20 nitrogen and oxygen atoms in total. The number of aromatic amines is 1. The van der Waals surface area contributed by atoms with Gasteiger partial charge in [-0.3, -0.25) is 32.5 Å². The fourth-order valence-corrected chi connectivity index (χ4v) is 10.0. The van der Waals surface area contributed by atoms with E-state index in [1.54, 1.807) is 0 Å². The quantitative estimate of drug-likeness (QED) is 0.169. The predicted octanol–water partition coefficient (Wildman–Crippen LogP) is -0.123. The van der Waals surface area contributed by atoms with E-state index < -0.39 is 80.3 Å². The summed E-state index contributed by atoms with van der Waals surface area (Å²) in [6.45, 7) is -5.69. The highest BCUT2D eigenvalue weighted by molar-refractivity contribution is 8.07. The van der Waals surface area contributed by atoms with Gasteiger partial charge < -0.3 is 35.3 Å². The van der Waals surface area contributed by atoms with Crippen molar-refractivity contribution in [2.45, 2.75) is 46.9 Å². The Labute approximate surface area is 264 Å². The lowest BCUT2D eigenvalue weighted by Crippen LogP contribution is -2.45. The molecule has 246 valence electrons. The standard InChI is InChI=1S/C21H23FN10O10P2S2/c22-8-7-1-38-43(34,35)42-13-12-18(31-5-27-9-14(23)25-4-26-15(9)31)40-21(13,2-37-12)3-39-44(36,45)41-11(8)19(46-7)32-6-28-10-16(32)29-20(24)30-17(10)33/h4-8,11-13,18-19H,1-3H2,(H,34,35)(H,36,45)(H2,23,25,26)(H3,24,29,30,33)/t7-,8+,11-,12-,13+,18-,19-,21+,44?/m1/s1. The van der Waals surface area contributed by atoms with E-state index in [1.165, 1.54) is 28.1 Å². The number of nitrogen functional groups attached to an aromatic ring is 2. The Morgan fingerprint density at radius 3 is 2.67 bits per heavy atom. The van der Waals surface area contributed by atoms with Crippen LogP contribution in [0.5, 0.6) is 0 Å². The molecular formula is C21H23FN10O10P2S2. The first-order chi connectivity index (χ1) is 21.8. The first kappa shape index (κ1) is 30.7. The molecule has 2 unspecified atom stereocenters. The number of halogens is 1.